The van der Waals surface area contributed by atoms with E-state index in [1.807, 2.05) is 0 Å². The van der Waals surface area contributed by atoms with Crippen molar-refractivity contribution in [3.63, 3.8) is 0 Å². The van der Waals surface area contributed by atoms with Crippen LogP contribution >= 0.6 is 0 Å². The fourth-order valence-electron chi connectivity index (χ4n) is 2.76. The maximum absolute atomic E-state index is 12.8. The number of hydrogen-bond acceptors (Lipinski definition) is 7. The molecule has 1 aromatic heterocycles. The predicted octanol–water partition coefficient (Wildman–Crippen LogP) is 4.37. The number of nitrogens with zero attached hydrogens (tertiary/aromatic N) is 2. The fraction of sp³-hybridized carbons (Fsp3) is 0.150. The van der Waals surface area contributed by atoms with Crippen LogP contribution in [0.25, 0.3) is 11.3 Å². The molecule has 9 nitrogen and oxygen atoms in total. The summed E-state index contributed by atoms with van der Waals surface area (Å²) in [6.07, 6.45) is -4.80. The lowest BCUT2D eigenvalue weighted by Gasteiger charge is -2.10. The molecule has 0 saturated heterocycles. The number of anilines is 1. The van der Waals surface area contributed by atoms with E-state index in [0.717, 1.165) is 6.07 Å². The molecule has 166 valence electrons. The van der Waals surface area contributed by atoms with Crippen LogP contribution in [0.1, 0.15) is 21.7 Å². The van der Waals surface area contributed by atoms with Crippen molar-refractivity contribution in [3.05, 3.63) is 75.5 Å². The SMILES string of the molecule is Cc1onc(-c2ccccc2)c1C(=O)OCC(=O)Nc1ccc(C(F)(F)F)cc1[N+](=O)[O-]. The Kier molecular flexibility index (Phi) is 6.23. The van der Waals surface area contributed by atoms with E-state index in [1.165, 1.54) is 6.92 Å². The fourth-order valence-corrected chi connectivity index (χ4v) is 2.76. The molecular formula is C20H14F3N3O6. The highest BCUT2D eigenvalue weighted by molar-refractivity contribution is 6.00. The molecule has 0 spiro atoms. The second-order valence-corrected chi connectivity index (χ2v) is 6.44. The second-order valence-electron chi connectivity index (χ2n) is 6.44. The highest BCUT2D eigenvalue weighted by Crippen LogP contribution is 2.35. The number of ether oxygens (including phenoxy) is 1. The summed E-state index contributed by atoms with van der Waals surface area (Å²) in [7, 11) is 0. The number of halogens is 3. The third kappa shape index (κ3) is 4.91. The van der Waals surface area contributed by atoms with Gasteiger partial charge in [0.2, 0.25) is 0 Å². The van der Waals surface area contributed by atoms with Crippen LogP contribution < -0.4 is 5.32 Å². The molecule has 12 heteroatoms. The smallest absolute Gasteiger partial charge is 0.416 e. The Balaban J connectivity index is 1.72. The minimum atomic E-state index is -4.80. The molecule has 0 atom stereocenters. The number of nitro groups is 1. The second kappa shape index (κ2) is 8.88. The van der Waals surface area contributed by atoms with Gasteiger partial charge in [-0.05, 0) is 19.1 Å². The zero-order valence-electron chi connectivity index (χ0n) is 16.3. The highest BCUT2D eigenvalue weighted by atomic mass is 19.4. The van der Waals surface area contributed by atoms with E-state index < -0.39 is 46.5 Å². The summed E-state index contributed by atoms with van der Waals surface area (Å²) in [6.45, 7) is 0.623. The van der Waals surface area contributed by atoms with Gasteiger partial charge in [0.15, 0.2) is 6.61 Å². The molecule has 0 aliphatic rings. The van der Waals surface area contributed by atoms with Crippen LogP contribution in [0, 0.1) is 17.0 Å². The van der Waals surface area contributed by atoms with Crippen molar-refractivity contribution in [2.24, 2.45) is 0 Å². The van der Waals surface area contributed by atoms with Crippen molar-refractivity contribution >= 4 is 23.3 Å². The normalized spacial score (nSPS) is 11.1. The number of esters is 1. The van der Waals surface area contributed by atoms with Crippen LogP contribution in [0.2, 0.25) is 0 Å². The average Bonchev–Trinajstić information content (AvgIpc) is 3.13. The molecule has 1 amide bonds. The number of aromatic nitrogens is 1. The molecule has 0 aliphatic carbocycles. The Morgan fingerprint density at radius 1 is 1.19 bits per heavy atom. The van der Waals surface area contributed by atoms with Gasteiger partial charge < -0.3 is 14.6 Å². The number of carbonyl (C=O) groups excluding carboxylic acids is 2. The molecule has 32 heavy (non-hydrogen) atoms. The van der Waals surface area contributed by atoms with Crippen LogP contribution in [0.15, 0.2) is 53.1 Å². The topological polar surface area (TPSA) is 125 Å². The highest BCUT2D eigenvalue weighted by Gasteiger charge is 2.33. The van der Waals surface area contributed by atoms with Crippen LogP contribution in [0.5, 0.6) is 0 Å². The Bertz CT molecular complexity index is 1180. The number of benzene rings is 2. The first-order chi connectivity index (χ1) is 15.1. The maximum Gasteiger partial charge on any atom is 0.416 e. The van der Waals surface area contributed by atoms with Crippen molar-refractivity contribution in [2.75, 3.05) is 11.9 Å². The zero-order chi connectivity index (χ0) is 23.5. The van der Waals surface area contributed by atoms with E-state index in [-0.39, 0.29) is 17.0 Å². The van der Waals surface area contributed by atoms with E-state index in [1.54, 1.807) is 30.3 Å². The molecule has 0 saturated carbocycles. The predicted molar refractivity (Wildman–Crippen MR) is 104 cm³/mol. The molecule has 3 rings (SSSR count). The third-order valence-corrected chi connectivity index (χ3v) is 4.24. The minimum absolute atomic E-state index is 0.00971. The first-order valence-corrected chi connectivity index (χ1v) is 8.92. The average molecular weight is 449 g/mol. The van der Waals surface area contributed by atoms with Gasteiger partial charge >= 0.3 is 12.1 Å². The molecule has 1 N–H and O–H groups in total. The van der Waals surface area contributed by atoms with Gasteiger partial charge in [-0.3, -0.25) is 14.9 Å². The van der Waals surface area contributed by atoms with Gasteiger partial charge in [-0.15, -0.1) is 0 Å². The standard InChI is InChI=1S/C20H14F3N3O6/c1-11-17(18(25-32-11)12-5-3-2-4-6-12)19(28)31-10-16(27)24-14-8-7-13(20(21,22)23)9-15(14)26(29)30/h2-9H,10H2,1H3,(H,24,27). The molecule has 0 bridgehead atoms. The minimum Gasteiger partial charge on any atom is -0.452 e. The lowest BCUT2D eigenvalue weighted by atomic mass is 10.1. The first-order valence-electron chi connectivity index (χ1n) is 8.92. The molecule has 1 heterocycles. The van der Waals surface area contributed by atoms with E-state index in [0.29, 0.717) is 17.7 Å². The van der Waals surface area contributed by atoms with Gasteiger partial charge in [-0.2, -0.15) is 13.2 Å². The summed E-state index contributed by atoms with van der Waals surface area (Å²) in [6, 6.07) is 10.2. The maximum atomic E-state index is 12.8. The summed E-state index contributed by atoms with van der Waals surface area (Å²) in [4.78, 5) is 34.6. The quantitative estimate of drug-likeness (QED) is 0.336. The summed E-state index contributed by atoms with van der Waals surface area (Å²) >= 11 is 0. The number of nitro benzene ring substituents is 1. The molecule has 0 fully saturated rings. The third-order valence-electron chi connectivity index (χ3n) is 4.24. The van der Waals surface area contributed by atoms with E-state index in [4.69, 9.17) is 9.26 Å². The lowest BCUT2D eigenvalue weighted by molar-refractivity contribution is -0.384. The number of nitrogens with one attached hydrogen (secondary N) is 1. The van der Waals surface area contributed by atoms with Crippen molar-refractivity contribution in [2.45, 2.75) is 13.1 Å². The van der Waals surface area contributed by atoms with Crippen molar-refractivity contribution < 1.29 is 36.9 Å². The summed E-state index contributed by atoms with van der Waals surface area (Å²) in [5, 5.41) is 17.0. The number of carbonyl (C=O) groups is 2. The summed E-state index contributed by atoms with van der Waals surface area (Å²) < 4.78 is 48.3. The largest absolute Gasteiger partial charge is 0.452 e. The Morgan fingerprint density at radius 2 is 1.88 bits per heavy atom. The monoisotopic (exact) mass is 449 g/mol. The Hall–Kier alpha value is -4.22. The van der Waals surface area contributed by atoms with Gasteiger partial charge in [-0.25, -0.2) is 4.79 Å². The number of hydrogen-bond donors (Lipinski definition) is 1. The van der Waals surface area contributed by atoms with Gasteiger partial charge in [0.05, 0.1) is 10.5 Å². The molecular weight excluding hydrogens is 435 g/mol. The molecule has 3 aromatic rings. The Labute approximate surface area is 177 Å². The van der Waals surface area contributed by atoms with E-state index >= 15 is 0 Å². The van der Waals surface area contributed by atoms with Gasteiger partial charge in [0, 0.05) is 11.6 Å². The van der Waals surface area contributed by atoms with E-state index in [9.17, 15) is 32.9 Å². The Morgan fingerprint density at radius 3 is 2.50 bits per heavy atom. The van der Waals surface area contributed by atoms with Crippen LogP contribution in [0.4, 0.5) is 24.5 Å². The lowest BCUT2D eigenvalue weighted by Crippen LogP contribution is -2.22. The number of rotatable bonds is 6. The molecule has 0 unspecified atom stereocenters. The molecule has 2 aromatic carbocycles. The van der Waals surface area contributed by atoms with Crippen LogP contribution in [0.3, 0.4) is 0 Å². The zero-order valence-corrected chi connectivity index (χ0v) is 16.3. The van der Waals surface area contributed by atoms with E-state index in [2.05, 4.69) is 10.5 Å². The summed E-state index contributed by atoms with van der Waals surface area (Å²) in [5.41, 5.74) is -1.92. The van der Waals surface area contributed by atoms with Crippen LogP contribution in [-0.2, 0) is 15.7 Å². The van der Waals surface area contributed by atoms with Gasteiger partial charge in [-0.1, -0.05) is 35.5 Å². The van der Waals surface area contributed by atoms with Gasteiger partial charge in [0.25, 0.3) is 11.6 Å². The molecule has 0 aliphatic heterocycles. The van der Waals surface area contributed by atoms with Gasteiger partial charge in [0.1, 0.15) is 22.7 Å². The van der Waals surface area contributed by atoms with Crippen LogP contribution in [-0.4, -0.2) is 28.6 Å². The molecule has 0 radical (unpaired) electrons. The van der Waals surface area contributed by atoms with Crippen molar-refractivity contribution in [1.29, 1.82) is 0 Å². The van der Waals surface area contributed by atoms with Crippen molar-refractivity contribution in [3.8, 4) is 11.3 Å². The number of alkyl halides is 3. The summed E-state index contributed by atoms with van der Waals surface area (Å²) in [5.74, 6) is -1.77. The number of aryl methyl sites for hydroxylation is 1. The first kappa shape index (κ1) is 22.5. The van der Waals surface area contributed by atoms with Crippen molar-refractivity contribution in [1.82, 2.24) is 5.16 Å². The number of amides is 1.